The number of amides is 2. The van der Waals surface area contributed by atoms with E-state index >= 15 is 0 Å². The van der Waals surface area contributed by atoms with Gasteiger partial charge in [0.2, 0.25) is 17.7 Å². The summed E-state index contributed by atoms with van der Waals surface area (Å²) < 4.78 is 5.32. The Morgan fingerprint density at radius 3 is 2.76 bits per heavy atom. The molecular weight excluding hydrogens is 222 g/mol. The Labute approximate surface area is 99.0 Å². The van der Waals surface area contributed by atoms with Crippen molar-refractivity contribution in [2.24, 2.45) is 0 Å². The van der Waals surface area contributed by atoms with Crippen LogP contribution >= 0.6 is 0 Å². The molecule has 0 aliphatic carbocycles. The van der Waals surface area contributed by atoms with Crippen molar-refractivity contribution in [1.82, 2.24) is 15.2 Å². The minimum absolute atomic E-state index is 0.118. The summed E-state index contributed by atoms with van der Waals surface area (Å²) in [6, 6.07) is -0.985. The van der Waals surface area contributed by atoms with Gasteiger partial charge in [-0.2, -0.15) is 0 Å². The van der Waals surface area contributed by atoms with Gasteiger partial charge in [0.15, 0.2) is 0 Å². The van der Waals surface area contributed by atoms with E-state index in [-0.39, 0.29) is 18.4 Å². The second kappa shape index (κ2) is 4.20. The van der Waals surface area contributed by atoms with Crippen LogP contribution in [0.3, 0.4) is 0 Å². The van der Waals surface area contributed by atoms with Crippen LogP contribution in [0, 0.1) is 6.92 Å². The third-order valence-corrected chi connectivity index (χ3v) is 2.83. The van der Waals surface area contributed by atoms with Crippen molar-refractivity contribution in [2.75, 3.05) is 0 Å². The van der Waals surface area contributed by atoms with E-state index in [9.17, 15) is 9.59 Å². The molecule has 1 aromatic heterocycles. The Bertz CT molecular complexity index is 455. The van der Waals surface area contributed by atoms with E-state index in [1.165, 1.54) is 4.90 Å². The number of hydrogen-bond acceptors (Lipinski definition) is 4. The first-order valence-electron chi connectivity index (χ1n) is 5.51. The number of carbonyl (C=O) groups excluding carboxylic acids is 2. The average Bonchev–Trinajstić information content (AvgIpc) is 2.68. The van der Waals surface area contributed by atoms with Crippen molar-refractivity contribution in [1.29, 1.82) is 0 Å². The van der Waals surface area contributed by atoms with Gasteiger partial charge in [0.1, 0.15) is 17.8 Å². The van der Waals surface area contributed by atoms with Crippen LogP contribution in [-0.2, 0) is 16.1 Å². The van der Waals surface area contributed by atoms with Crippen molar-refractivity contribution < 1.29 is 14.0 Å². The lowest BCUT2D eigenvalue weighted by molar-refractivity contribution is -0.149. The molecule has 0 bridgehead atoms. The van der Waals surface area contributed by atoms with Gasteiger partial charge in [0, 0.05) is 0 Å². The molecule has 0 radical (unpaired) electrons. The van der Waals surface area contributed by atoms with Gasteiger partial charge >= 0.3 is 0 Å². The molecule has 6 nitrogen and oxygen atoms in total. The molecular formula is C11H15N3O3. The van der Waals surface area contributed by atoms with Gasteiger partial charge in [-0.05, 0) is 20.8 Å². The van der Waals surface area contributed by atoms with Gasteiger partial charge < -0.3 is 14.6 Å². The number of rotatable bonds is 2. The summed E-state index contributed by atoms with van der Waals surface area (Å²) in [7, 11) is 0. The Hall–Kier alpha value is -1.85. The second-order valence-corrected chi connectivity index (χ2v) is 4.24. The second-order valence-electron chi connectivity index (χ2n) is 4.24. The van der Waals surface area contributed by atoms with E-state index in [0.29, 0.717) is 11.7 Å². The third-order valence-electron chi connectivity index (χ3n) is 2.83. The lowest BCUT2D eigenvalue weighted by Gasteiger charge is -2.35. The first kappa shape index (κ1) is 11.6. The highest BCUT2D eigenvalue weighted by molar-refractivity contribution is 5.96. The number of nitrogens with one attached hydrogen (secondary N) is 1. The van der Waals surface area contributed by atoms with Crippen molar-refractivity contribution >= 4 is 11.8 Å². The van der Waals surface area contributed by atoms with E-state index < -0.39 is 12.1 Å². The van der Waals surface area contributed by atoms with Crippen LogP contribution < -0.4 is 5.32 Å². The fraction of sp³-hybridized carbons (Fsp3) is 0.545. The SMILES string of the molecule is Cc1cnc(CN2C(=O)C(C)NC(=O)C2C)o1. The number of carbonyl (C=O) groups is 2. The highest BCUT2D eigenvalue weighted by Crippen LogP contribution is 2.14. The molecule has 92 valence electrons. The predicted molar refractivity (Wildman–Crippen MR) is 58.9 cm³/mol. The van der Waals surface area contributed by atoms with E-state index in [1.54, 1.807) is 27.0 Å². The Kier molecular flexibility index (Phi) is 2.87. The molecule has 1 aliphatic rings. The van der Waals surface area contributed by atoms with Crippen molar-refractivity contribution in [3.05, 3.63) is 17.8 Å². The Morgan fingerprint density at radius 1 is 1.47 bits per heavy atom. The van der Waals surface area contributed by atoms with Crippen LogP contribution in [0.4, 0.5) is 0 Å². The molecule has 0 aromatic carbocycles. The van der Waals surface area contributed by atoms with Crippen LogP contribution in [0.5, 0.6) is 0 Å². The normalized spacial score (nSPS) is 25.0. The van der Waals surface area contributed by atoms with Gasteiger partial charge in [-0.25, -0.2) is 4.98 Å². The molecule has 1 fully saturated rings. The topological polar surface area (TPSA) is 75.4 Å². The van der Waals surface area contributed by atoms with E-state index in [1.807, 2.05) is 0 Å². The number of nitrogens with zero attached hydrogens (tertiary/aromatic N) is 2. The zero-order valence-electron chi connectivity index (χ0n) is 10.1. The highest BCUT2D eigenvalue weighted by Gasteiger charge is 2.36. The van der Waals surface area contributed by atoms with Gasteiger partial charge in [-0.3, -0.25) is 9.59 Å². The molecule has 2 unspecified atom stereocenters. The fourth-order valence-corrected chi connectivity index (χ4v) is 1.81. The fourth-order valence-electron chi connectivity index (χ4n) is 1.81. The Morgan fingerprint density at radius 2 is 2.18 bits per heavy atom. The largest absolute Gasteiger partial charge is 0.444 e. The van der Waals surface area contributed by atoms with E-state index in [4.69, 9.17) is 4.42 Å². The molecule has 2 atom stereocenters. The molecule has 0 spiro atoms. The quantitative estimate of drug-likeness (QED) is 0.798. The first-order chi connectivity index (χ1) is 7.99. The molecule has 1 aliphatic heterocycles. The van der Waals surface area contributed by atoms with Crippen LogP contribution in [0.25, 0.3) is 0 Å². The molecule has 17 heavy (non-hydrogen) atoms. The molecule has 2 heterocycles. The summed E-state index contributed by atoms with van der Waals surface area (Å²) >= 11 is 0. The molecule has 6 heteroatoms. The predicted octanol–water partition coefficient (Wildman–Crippen LogP) is 0.218. The van der Waals surface area contributed by atoms with E-state index in [0.717, 1.165) is 0 Å². The van der Waals surface area contributed by atoms with E-state index in [2.05, 4.69) is 10.3 Å². The summed E-state index contributed by atoms with van der Waals surface area (Å²) in [6.45, 7) is 5.37. The maximum Gasteiger partial charge on any atom is 0.246 e. The zero-order chi connectivity index (χ0) is 12.6. The molecule has 1 aromatic rings. The third kappa shape index (κ3) is 2.15. The zero-order valence-corrected chi connectivity index (χ0v) is 10.1. The van der Waals surface area contributed by atoms with Gasteiger partial charge in [-0.1, -0.05) is 0 Å². The molecule has 1 N–H and O–H groups in total. The van der Waals surface area contributed by atoms with Gasteiger partial charge in [0.25, 0.3) is 0 Å². The maximum atomic E-state index is 11.9. The first-order valence-corrected chi connectivity index (χ1v) is 5.51. The van der Waals surface area contributed by atoms with Crippen LogP contribution in [0.15, 0.2) is 10.6 Å². The molecule has 1 saturated heterocycles. The smallest absolute Gasteiger partial charge is 0.246 e. The summed E-state index contributed by atoms with van der Waals surface area (Å²) in [5, 5.41) is 2.62. The van der Waals surface area contributed by atoms with Crippen LogP contribution in [0.1, 0.15) is 25.5 Å². The Balaban J connectivity index is 2.17. The number of oxazole rings is 1. The van der Waals surface area contributed by atoms with Crippen LogP contribution in [0.2, 0.25) is 0 Å². The lowest BCUT2D eigenvalue weighted by Crippen LogP contribution is -2.60. The minimum Gasteiger partial charge on any atom is -0.444 e. The van der Waals surface area contributed by atoms with Crippen molar-refractivity contribution in [3.8, 4) is 0 Å². The minimum atomic E-state index is -0.495. The highest BCUT2D eigenvalue weighted by atomic mass is 16.4. The molecule has 2 amide bonds. The standard InChI is InChI=1S/C11H15N3O3/c1-6-4-12-9(17-6)5-14-8(3)10(15)13-7(2)11(14)16/h4,7-8H,5H2,1-3H3,(H,13,15). The van der Waals surface area contributed by atoms with Crippen LogP contribution in [-0.4, -0.2) is 33.8 Å². The maximum absolute atomic E-state index is 11.9. The monoisotopic (exact) mass is 237 g/mol. The molecule has 2 rings (SSSR count). The number of piperazine rings is 1. The van der Waals surface area contributed by atoms with Crippen molar-refractivity contribution in [2.45, 2.75) is 39.4 Å². The number of aromatic nitrogens is 1. The van der Waals surface area contributed by atoms with Gasteiger partial charge in [-0.15, -0.1) is 0 Å². The lowest BCUT2D eigenvalue weighted by atomic mass is 10.1. The molecule has 0 saturated carbocycles. The summed E-state index contributed by atoms with van der Waals surface area (Å²) in [6.07, 6.45) is 1.60. The number of aryl methyl sites for hydroxylation is 1. The number of hydrogen-bond donors (Lipinski definition) is 1. The van der Waals surface area contributed by atoms with Gasteiger partial charge in [0.05, 0.1) is 12.7 Å². The summed E-state index contributed by atoms with van der Waals surface area (Å²) in [5.74, 6) is 0.868. The van der Waals surface area contributed by atoms with Crippen molar-refractivity contribution in [3.63, 3.8) is 0 Å². The average molecular weight is 237 g/mol. The summed E-state index contributed by atoms with van der Waals surface area (Å²) in [5.41, 5.74) is 0. The summed E-state index contributed by atoms with van der Waals surface area (Å²) in [4.78, 5) is 29.1.